The Morgan fingerprint density at radius 3 is 3.05 bits per heavy atom. The molecule has 4 nitrogen and oxygen atoms in total. The van der Waals surface area contributed by atoms with E-state index in [-0.39, 0.29) is 0 Å². The Morgan fingerprint density at radius 1 is 1.45 bits per heavy atom. The molecule has 20 heavy (non-hydrogen) atoms. The van der Waals surface area contributed by atoms with Crippen LogP contribution in [0.4, 0.5) is 5.82 Å². The number of nitrogens with two attached hydrogens (primary N) is 1. The molecular weight excluding hydrogens is 270 g/mol. The molecule has 2 heterocycles. The fraction of sp³-hybridized carbons (Fsp3) is 0.333. The molecule has 2 aromatic rings. The largest absolute Gasteiger partial charge is 0.389 e. The highest BCUT2D eigenvalue weighted by molar-refractivity contribution is 7.80. The van der Waals surface area contributed by atoms with Crippen LogP contribution in [0.15, 0.2) is 30.3 Å². The van der Waals surface area contributed by atoms with Gasteiger partial charge in [0.15, 0.2) is 0 Å². The van der Waals surface area contributed by atoms with E-state index in [9.17, 15) is 0 Å². The normalized spacial score (nSPS) is 18.3. The van der Waals surface area contributed by atoms with E-state index in [4.69, 9.17) is 22.7 Å². The number of aromatic nitrogens is 1. The van der Waals surface area contributed by atoms with Crippen molar-refractivity contribution in [3.8, 4) is 0 Å². The maximum Gasteiger partial charge on any atom is 0.127 e. The number of pyridine rings is 1. The molecular formula is C15H17N3OS. The SMILES string of the molecule is NC(=S)c1cc(NCC2CCOC2)nc2ccccc12. The monoisotopic (exact) mass is 287 g/mol. The van der Waals surface area contributed by atoms with Crippen molar-refractivity contribution >= 4 is 33.9 Å². The molecule has 1 aliphatic heterocycles. The number of fused-ring (bicyclic) bond motifs is 1. The van der Waals surface area contributed by atoms with Crippen molar-refractivity contribution in [2.75, 3.05) is 25.1 Å². The zero-order valence-corrected chi connectivity index (χ0v) is 12.0. The van der Waals surface area contributed by atoms with Gasteiger partial charge in [-0.05, 0) is 18.6 Å². The van der Waals surface area contributed by atoms with Crippen LogP contribution in [-0.2, 0) is 4.74 Å². The standard InChI is InChI=1S/C15H17N3OS/c16-15(20)12-7-14(17-8-10-5-6-19-9-10)18-13-4-2-1-3-11(12)13/h1-4,7,10H,5-6,8-9H2,(H2,16,20)(H,17,18). The summed E-state index contributed by atoms with van der Waals surface area (Å²) in [7, 11) is 0. The van der Waals surface area contributed by atoms with E-state index in [1.165, 1.54) is 0 Å². The molecule has 0 spiro atoms. The first-order chi connectivity index (χ1) is 9.74. The Bertz CT molecular complexity index is 638. The highest BCUT2D eigenvalue weighted by Gasteiger charge is 2.15. The molecule has 0 saturated carbocycles. The summed E-state index contributed by atoms with van der Waals surface area (Å²) in [4.78, 5) is 5.01. The number of hydrogen-bond donors (Lipinski definition) is 2. The first kappa shape index (κ1) is 13.3. The topological polar surface area (TPSA) is 60.2 Å². The van der Waals surface area contributed by atoms with E-state index < -0.39 is 0 Å². The Labute approximate surface area is 123 Å². The van der Waals surface area contributed by atoms with Crippen molar-refractivity contribution in [2.45, 2.75) is 6.42 Å². The lowest BCUT2D eigenvalue weighted by molar-refractivity contribution is 0.187. The van der Waals surface area contributed by atoms with Crippen LogP contribution in [0, 0.1) is 5.92 Å². The van der Waals surface area contributed by atoms with Gasteiger partial charge in [0.25, 0.3) is 0 Å². The van der Waals surface area contributed by atoms with Gasteiger partial charge in [-0.2, -0.15) is 0 Å². The average Bonchev–Trinajstić information content (AvgIpc) is 2.97. The van der Waals surface area contributed by atoms with Crippen LogP contribution in [0.2, 0.25) is 0 Å². The Hall–Kier alpha value is -1.72. The minimum Gasteiger partial charge on any atom is -0.389 e. The van der Waals surface area contributed by atoms with Crippen molar-refractivity contribution in [2.24, 2.45) is 11.7 Å². The van der Waals surface area contributed by atoms with E-state index in [0.29, 0.717) is 10.9 Å². The molecule has 1 aliphatic rings. The summed E-state index contributed by atoms with van der Waals surface area (Å²) in [6, 6.07) is 9.83. The fourth-order valence-electron chi connectivity index (χ4n) is 2.46. The van der Waals surface area contributed by atoms with E-state index in [0.717, 1.165) is 48.5 Å². The van der Waals surface area contributed by atoms with Gasteiger partial charge in [0.1, 0.15) is 10.8 Å². The van der Waals surface area contributed by atoms with Gasteiger partial charge in [-0.15, -0.1) is 0 Å². The zero-order valence-electron chi connectivity index (χ0n) is 11.1. The fourth-order valence-corrected chi connectivity index (χ4v) is 2.63. The summed E-state index contributed by atoms with van der Waals surface area (Å²) in [5.41, 5.74) is 7.60. The first-order valence-electron chi connectivity index (χ1n) is 6.75. The summed E-state index contributed by atoms with van der Waals surface area (Å²) in [5, 5.41) is 4.36. The lowest BCUT2D eigenvalue weighted by atomic mass is 10.1. The second kappa shape index (κ2) is 5.73. The Kier molecular flexibility index (Phi) is 3.80. The first-order valence-corrected chi connectivity index (χ1v) is 7.16. The van der Waals surface area contributed by atoms with Gasteiger partial charge in [-0.25, -0.2) is 4.98 Å². The average molecular weight is 287 g/mol. The second-order valence-electron chi connectivity index (χ2n) is 5.05. The van der Waals surface area contributed by atoms with Gasteiger partial charge >= 0.3 is 0 Å². The molecule has 1 fully saturated rings. The molecule has 1 saturated heterocycles. The summed E-state index contributed by atoms with van der Waals surface area (Å²) in [5.74, 6) is 1.37. The molecule has 3 rings (SSSR count). The predicted octanol–water partition coefficient (Wildman–Crippen LogP) is 2.32. The molecule has 1 unspecified atom stereocenters. The lowest BCUT2D eigenvalue weighted by Crippen LogP contribution is -2.16. The number of nitrogens with zero attached hydrogens (tertiary/aromatic N) is 1. The maximum atomic E-state index is 5.82. The molecule has 0 aliphatic carbocycles. The lowest BCUT2D eigenvalue weighted by Gasteiger charge is -2.12. The van der Waals surface area contributed by atoms with Crippen molar-refractivity contribution in [1.29, 1.82) is 0 Å². The number of nitrogens with one attached hydrogen (secondary N) is 1. The highest BCUT2D eigenvalue weighted by Crippen LogP contribution is 2.21. The maximum absolute atomic E-state index is 5.82. The van der Waals surface area contributed by atoms with Gasteiger partial charge in [-0.3, -0.25) is 0 Å². The zero-order chi connectivity index (χ0) is 13.9. The van der Waals surface area contributed by atoms with E-state index in [1.54, 1.807) is 0 Å². The van der Waals surface area contributed by atoms with Gasteiger partial charge in [0.05, 0.1) is 12.1 Å². The van der Waals surface area contributed by atoms with Gasteiger partial charge in [0, 0.05) is 30.0 Å². The Balaban J connectivity index is 1.88. The molecule has 0 bridgehead atoms. The highest BCUT2D eigenvalue weighted by atomic mass is 32.1. The molecule has 1 atom stereocenters. The number of ether oxygens (including phenoxy) is 1. The van der Waals surface area contributed by atoms with Gasteiger partial charge < -0.3 is 15.8 Å². The van der Waals surface area contributed by atoms with Gasteiger partial charge in [-0.1, -0.05) is 30.4 Å². The van der Waals surface area contributed by atoms with Crippen LogP contribution >= 0.6 is 12.2 Å². The third kappa shape index (κ3) is 2.73. The molecule has 1 aromatic carbocycles. The molecule has 104 valence electrons. The van der Waals surface area contributed by atoms with Crippen LogP contribution in [0.1, 0.15) is 12.0 Å². The van der Waals surface area contributed by atoms with E-state index >= 15 is 0 Å². The minimum atomic E-state index is 0.399. The van der Waals surface area contributed by atoms with Crippen molar-refractivity contribution in [3.63, 3.8) is 0 Å². The molecule has 1 aromatic heterocycles. The molecule has 3 N–H and O–H groups in total. The quantitative estimate of drug-likeness (QED) is 0.845. The van der Waals surface area contributed by atoms with Crippen molar-refractivity contribution in [3.05, 3.63) is 35.9 Å². The number of rotatable bonds is 4. The number of anilines is 1. The predicted molar refractivity (Wildman–Crippen MR) is 85.0 cm³/mol. The van der Waals surface area contributed by atoms with E-state index in [1.807, 2.05) is 30.3 Å². The second-order valence-corrected chi connectivity index (χ2v) is 5.49. The van der Waals surface area contributed by atoms with Crippen LogP contribution in [0.3, 0.4) is 0 Å². The van der Waals surface area contributed by atoms with Crippen molar-refractivity contribution < 1.29 is 4.74 Å². The third-order valence-electron chi connectivity index (χ3n) is 3.58. The number of thiocarbonyl (C=S) groups is 1. The smallest absolute Gasteiger partial charge is 0.127 e. The van der Waals surface area contributed by atoms with Crippen LogP contribution < -0.4 is 11.1 Å². The number of para-hydroxylation sites is 1. The third-order valence-corrected chi connectivity index (χ3v) is 3.80. The molecule has 0 radical (unpaired) electrons. The van der Waals surface area contributed by atoms with Crippen LogP contribution in [-0.4, -0.2) is 29.7 Å². The Morgan fingerprint density at radius 2 is 2.30 bits per heavy atom. The summed E-state index contributed by atoms with van der Waals surface area (Å²) in [6.45, 7) is 2.54. The van der Waals surface area contributed by atoms with E-state index in [2.05, 4.69) is 10.3 Å². The molecule has 5 heteroatoms. The van der Waals surface area contributed by atoms with Crippen LogP contribution in [0.5, 0.6) is 0 Å². The minimum absolute atomic E-state index is 0.399. The summed E-state index contributed by atoms with van der Waals surface area (Å²) < 4.78 is 5.38. The number of hydrogen-bond acceptors (Lipinski definition) is 4. The van der Waals surface area contributed by atoms with Crippen LogP contribution in [0.25, 0.3) is 10.9 Å². The molecule has 0 amide bonds. The summed E-state index contributed by atoms with van der Waals surface area (Å²) >= 11 is 5.14. The van der Waals surface area contributed by atoms with Crippen molar-refractivity contribution in [1.82, 2.24) is 4.98 Å². The summed E-state index contributed by atoms with van der Waals surface area (Å²) in [6.07, 6.45) is 1.10. The number of benzene rings is 1. The van der Waals surface area contributed by atoms with Gasteiger partial charge in [0.2, 0.25) is 0 Å².